The molecule has 3 rings (SSSR count). The summed E-state index contributed by atoms with van der Waals surface area (Å²) in [5.41, 5.74) is 6.83. The van der Waals surface area contributed by atoms with Crippen LogP contribution in [0.15, 0.2) is 42.6 Å². The van der Waals surface area contributed by atoms with Crippen LogP contribution in [0.3, 0.4) is 0 Å². The van der Waals surface area contributed by atoms with Gasteiger partial charge in [-0.2, -0.15) is 0 Å². The van der Waals surface area contributed by atoms with Gasteiger partial charge in [-0.15, -0.1) is 0 Å². The number of fused-ring (bicyclic) bond motifs is 3. The van der Waals surface area contributed by atoms with Gasteiger partial charge in [-0.25, -0.2) is 0 Å². The van der Waals surface area contributed by atoms with Crippen LogP contribution in [0.5, 0.6) is 0 Å². The SMILES string of the molecule is NC(=O)c1ccc2c(C(=O)[O-])c3ccccn3c2c1.[K+]. The largest absolute Gasteiger partial charge is 1.00 e. The number of carbonyl (C=O) groups is 2. The number of amides is 1. The molecule has 1 amide bonds. The zero-order valence-electron chi connectivity index (χ0n) is 10.8. The van der Waals surface area contributed by atoms with E-state index >= 15 is 0 Å². The van der Waals surface area contributed by atoms with Crippen LogP contribution in [0, 0.1) is 0 Å². The van der Waals surface area contributed by atoms with Crippen LogP contribution in [-0.2, 0) is 0 Å². The molecule has 94 valence electrons. The summed E-state index contributed by atoms with van der Waals surface area (Å²) in [5, 5.41) is 11.8. The second kappa shape index (κ2) is 5.67. The second-order valence-corrected chi connectivity index (χ2v) is 4.21. The number of carbonyl (C=O) groups excluding carboxylic acids is 2. The van der Waals surface area contributed by atoms with Crippen molar-refractivity contribution in [1.29, 1.82) is 0 Å². The summed E-state index contributed by atoms with van der Waals surface area (Å²) in [4.78, 5) is 22.5. The van der Waals surface area contributed by atoms with Gasteiger partial charge in [-0.3, -0.25) is 4.79 Å². The minimum atomic E-state index is -1.24. The maximum Gasteiger partial charge on any atom is 1.00 e. The first-order chi connectivity index (χ1) is 9.09. The molecule has 0 radical (unpaired) electrons. The summed E-state index contributed by atoms with van der Waals surface area (Å²) >= 11 is 0. The van der Waals surface area contributed by atoms with Gasteiger partial charge in [0, 0.05) is 22.7 Å². The van der Waals surface area contributed by atoms with Gasteiger partial charge >= 0.3 is 51.4 Å². The minimum absolute atomic E-state index is 0. The topological polar surface area (TPSA) is 87.6 Å². The van der Waals surface area contributed by atoms with Crippen molar-refractivity contribution in [2.45, 2.75) is 0 Å². The maximum absolute atomic E-state index is 11.3. The smallest absolute Gasteiger partial charge is 0.545 e. The van der Waals surface area contributed by atoms with Gasteiger partial charge in [0.25, 0.3) is 0 Å². The van der Waals surface area contributed by atoms with Gasteiger partial charge in [0.2, 0.25) is 5.91 Å². The van der Waals surface area contributed by atoms with E-state index < -0.39 is 11.9 Å². The second-order valence-electron chi connectivity index (χ2n) is 4.21. The Labute approximate surface area is 156 Å². The summed E-state index contributed by atoms with van der Waals surface area (Å²) in [7, 11) is 0. The molecular formula is C14H9KN2O3. The Hall–Kier alpha value is -1.18. The van der Waals surface area contributed by atoms with Crippen LogP contribution in [0.2, 0.25) is 0 Å². The van der Waals surface area contributed by atoms with E-state index in [0.29, 0.717) is 22.0 Å². The number of primary amides is 1. The third-order valence-corrected chi connectivity index (χ3v) is 3.13. The van der Waals surface area contributed by atoms with Gasteiger partial charge < -0.3 is 20.0 Å². The third kappa shape index (κ3) is 2.29. The van der Waals surface area contributed by atoms with Crippen molar-refractivity contribution in [3.8, 4) is 0 Å². The molecule has 0 bridgehead atoms. The van der Waals surface area contributed by atoms with Crippen molar-refractivity contribution in [2.24, 2.45) is 5.73 Å². The van der Waals surface area contributed by atoms with E-state index in [-0.39, 0.29) is 56.9 Å². The number of nitrogens with zero attached hydrogens (tertiary/aromatic N) is 1. The number of aromatic carboxylic acids is 1. The van der Waals surface area contributed by atoms with Crippen LogP contribution < -0.4 is 62.2 Å². The van der Waals surface area contributed by atoms with E-state index in [2.05, 4.69) is 0 Å². The summed E-state index contributed by atoms with van der Waals surface area (Å²) in [5.74, 6) is -1.80. The predicted octanol–water partition coefficient (Wildman–Crippen LogP) is -2.44. The van der Waals surface area contributed by atoms with E-state index in [1.54, 1.807) is 40.9 Å². The predicted molar refractivity (Wildman–Crippen MR) is 67.8 cm³/mol. The van der Waals surface area contributed by atoms with E-state index in [4.69, 9.17) is 5.73 Å². The molecule has 2 N–H and O–H groups in total. The van der Waals surface area contributed by atoms with Crippen molar-refractivity contribution in [3.05, 3.63) is 53.7 Å². The Morgan fingerprint density at radius 2 is 1.85 bits per heavy atom. The molecule has 0 fully saturated rings. The maximum atomic E-state index is 11.3. The number of rotatable bonds is 2. The third-order valence-electron chi connectivity index (χ3n) is 3.13. The molecule has 0 saturated heterocycles. The fourth-order valence-electron chi connectivity index (χ4n) is 2.31. The Morgan fingerprint density at radius 1 is 1.10 bits per heavy atom. The Balaban J connectivity index is 0.00000147. The van der Waals surface area contributed by atoms with Gasteiger partial charge in [0.1, 0.15) is 0 Å². The molecule has 0 aliphatic carbocycles. The van der Waals surface area contributed by atoms with Crippen molar-refractivity contribution < 1.29 is 66.1 Å². The number of benzene rings is 1. The van der Waals surface area contributed by atoms with Crippen molar-refractivity contribution in [3.63, 3.8) is 0 Å². The minimum Gasteiger partial charge on any atom is -0.545 e. The van der Waals surface area contributed by atoms with Gasteiger partial charge in [0.15, 0.2) is 0 Å². The molecule has 5 nitrogen and oxygen atoms in total. The number of nitrogens with two attached hydrogens (primary N) is 1. The van der Waals surface area contributed by atoms with E-state index in [1.165, 1.54) is 6.07 Å². The molecule has 1 aromatic carbocycles. The number of carboxylic acid groups (broad SMARTS) is 1. The zero-order valence-corrected chi connectivity index (χ0v) is 13.9. The number of hydrogen-bond donors (Lipinski definition) is 1. The van der Waals surface area contributed by atoms with Crippen molar-refractivity contribution >= 4 is 28.3 Å². The average Bonchev–Trinajstić information content (AvgIpc) is 2.72. The number of carboxylic acids is 1. The standard InChI is InChI=1S/C14H10N2O3.K/c15-13(17)8-4-5-9-11(7-8)16-6-2-1-3-10(16)12(9)14(18)19;/h1-7H,(H2,15,17)(H,18,19);/q;+1/p-1. The fourth-order valence-corrected chi connectivity index (χ4v) is 2.31. The first-order valence-corrected chi connectivity index (χ1v) is 5.63. The van der Waals surface area contributed by atoms with Crippen molar-refractivity contribution in [1.82, 2.24) is 4.40 Å². The zero-order chi connectivity index (χ0) is 13.6. The molecule has 20 heavy (non-hydrogen) atoms. The fraction of sp³-hybridized carbons (Fsp3) is 0. The van der Waals surface area contributed by atoms with Crippen LogP contribution in [0.4, 0.5) is 0 Å². The molecule has 2 aromatic heterocycles. The molecule has 0 unspecified atom stereocenters. The molecule has 6 heteroatoms. The molecular weight excluding hydrogens is 283 g/mol. The van der Waals surface area contributed by atoms with Gasteiger partial charge in [0.05, 0.1) is 17.0 Å². The number of aromatic nitrogens is 1. The van der Waals surface area contributed by atoms with E-state index in [9.17, 15) is 14.7 Å². The summed E-state index contributed by atoms with van der Waals surface area (Å²) in [6, 6.07) is 9.88. The van der Waals surface area contributed by atoms with Crippen molar-refractivity contribution in [2.75, 3.05) is 0 Å². The van der Waals surface area contributed by atoms with Crippen LogP contribution in [0.1, 0.15) is 20.7 Å². The summed E-state index contributed by atoms with van der Waals surface area (Å²) < 4.78 is 1.70. The summed E-state index contributed by atoms with van der Waals surface area (Å²) in [6.45, 7) is 0. The average molecular weight is 292 g/mol. The monoisotopic (exact) mass is 292 g/mol. The number of hydrogen-bond acceptors (Lipinski definition) is 3. The van der Waals surface area contributed by atoms with Crippen LogP contribution in [0.25, 0.3) is 16.4 Å². The normalized spacial score (nSPS) is 10.4. The summed E-state index contributed by atoms with van der Waals surface area (Å²) in [6.07, 6.45) is 1.73. The van der Waals surface area contributed by atoms with Gasteiger partial charge in [-0.1, -0.05) is 12.1 Å². The number of pyridine rings is 1. The molecule has 0 saturated carbocycles. The molecule has 0 spiro atoms. The molecule has 0 atom stereocenters. The molecule has 3 aromatic rings. The van der Waals surface area contributed by atoms with Crippen LogP contribution >= 0.6 is 0 Å². The Morgan fingerprint density at radius 3 is 2.50 bits per heavy atom. The Kier molecular flexibility index (Phi) is 4.31. The molecule has 0 aliphatic heterocycles. The Bertz CT molecular complexity index is 839. The molecule has 0 aliphatic rings. The van der Waals surface area contributed by atoms with E-state index in [0.717, 1.165) is 0 Å². The van der Waals surface area contributed by atoms with E-state index in [1.807, 2.05) is 0 Å². The first kappa shape index (κ1) is 15.2. The van der Waals surface area contributed by atoms with Crippen LogP contribution in [-0.4, -0.2) is 16.3 Å². The van der Waals surface area contributed by atoms with Gasteiger partial charge in [-0.05, 0) is 24.3 Å². The first-order valence-electron chi connectivity index (χ1n) is 5.63. The quantitative estimate of drug-likeness (QED) is 0.532. The molecule has 2 heterocycles.